The molecule has 6 nitrogen and oxygen atoms in total. The minimum atomic E-state index is -3.89. The van der Waals surface area contributed by atoms with Crippen LogP contribution in [0, 0.1) is 0 Å². The van der Waals surface area contributed by atoms with Gasteiger partial charge in [-0.2, -0.15) is 0 Å². The Morgan fingerprint density at radius 2 is 1.52 bits per heavy atom. The molecule has 0 atom stereocenters. The highest BCUT2D eigenvalue weighted by molar-refractivity contribution is 7.93. The summed E-state index contributed by atoms with van der Waals surface area (Å²) in [7, 11) is -3.89. The normalized spacial score (nSPS) is 16.1. The van der Waals surface area contributed by atoms with E-state index < -0.39 is 10.0 Å². The predicted molar refractivity (Wildman–Crippen MR) is 131 cm³/mol. The average Bonchev–Trinajstić information content (AvgIpc) is 3.30. The van der Waals surface area contributed by atoms with Crippen LogP contribution < -0.4 is 9.21 Å². The van der Waals surface area contributed by atoms with Crippen molar-refractivity contribution in [2.45, 2.75) is 11.3 Å². The van der Waals surface area contributed by atoms with Crippen molar-refractivity contribution in [1.29, 1.82) is 0 Å². The van der Waals surface area contributed by atoms with Crippen molar-refractivity contribution in [3.05, 3.63) is 88.9 Å². The molecule has 0 bridgehead atoms. The van der Waals surface area contributed by atoms with Crippen LogP contribution in [0.1, 0.15) is 15.9 Å². The molecule has 2 aliphatic heterocycles. The van der Waals surface area contributed by atoms with E-state index in [1.54, 1.807) is 17.0 Å². The van der Waals surface area contributed by atoms with E-state index in [0.717, 1.165) is 24.3 Å². The fourth-order valence-corrected chi connectivity index (χ4v) is 6.51. The summed E-state index contributed by atoms with van der Waals surface area (Å²) >= 11 is 6.33. The molecule has 0 saturated carbocycles. The summed E-state index contributed by atoms with van der Waals surface area (Å²) in [6.07, 6.45) is 0.650. The summed E-state index contributed by atoms with van der Waals surface area (Å²) in [6.45, 7) is 2.94. The summed E-state index contributed by atoms with van der Waals surface area (Å²) < 4.78 is 28.3. The number of rotatable bonds is 4. The van der Waals surface area contributed by atoms with Crippen molar-refractivity contribution in [1.82, 2.24) is 4.90 Å². The van der Waals surface area contributed by atoms with Crippen molar-refractivity contribution in [2.24, 2.45) is 0 Å². The first kappa shape index (κ1) is 21.8. The van der Waals surface area contributed by atoms with Gasteiger partial charge >= 0.3 is 0 Å². The van der Waals surface area contributed by atoms with Crippen molar-refractivity contribution >= 4 is 38.9 Å². The largest absolute Gasteiger partial charge is 0.368 e. The number of sulfonamides is 1. The van der Waals surface area contributed by atoms with Gasteiger partial charge in [-0.25, -0.2) is 8.42 Å². The number of anilines is 2. The standard InChI is InChI=1S/C25H24ClN3O3S/c26-22-11-10-20(25(30)28-16-14-27(15-17-28)21-7-2-1-3-8-21)18-24(22)33(31,32)29-13-12-19-6-4-5-9-23(19)29/h1-11,18H,12-17H2. The number of piperazine rings is 1. The van der Waals surface area contributed by atoms with Crippen LogP contribution in [0.4, 0.5) is 11.4 Å². The second kappa shape index (κ2) is 8.72. The number of carbonyl (C=O) groups is 1. The quantitative estimate of drug-likeness (QED) is 0.564. The number of hydrogen-bond donors (Lipinski definition) is 0. The number of nitrogens with zero attached hydrogens (tertiary/aromatic N) is 3. The number of para-hydroxylation sites is 2. The van der Waals surface area contributed by atoms with Gasteiger partial charge in [0.05, 0.1) is 10.7 Å². The molecule has 1 saturated heterocycles. The SMILES string of the molecule is O=C(c1ccc(Cl)c(S(=O)(=O)N2CCc3ccccc32)c1)N1CCN(c2ccccc2)CC1. The highest BCUT2D eigenvalue weighted by atomic mass is 35.5. The molecule has 170 valence electrons. The van der Waals surface area contributed by atoms with Crippen LogP contribution in [0.25, 0.3) is 0 Å². The summed E-state index contributed by atoms with van der Waals surface area (Å²) in [6, 6.07) is 22.1. The van der Waals surface area contributed by atoms with E-state index in [0.29, 0.717) is 37.3 Å². The van der Waals surface area contributed by atoms with Crippen LogP contribution >= 0.6 is 11.6 Å². The summed E-state index contributed by atoms with van der Waals surface area (Å²) in [5, 5.41) is 0.116. The Hall–Kier alpha value is -3.03. The van der Waals surface area contributed by atoms with E-state index in [-0.39, 0.29) is 15.8 Å². The van der Waals surface area contributed by atoms with Crippen molar-refractivity contribution in [3.8, 4) is 0 Å². The Morgan fingerprint density at radius 1 is 0.818 bits per heavy atom. The number of amides is 1. The predicted octanol–water partition coefficient (Wildman–Crippen LogP) is 4.05. The monoisotopic (exact) mass is 481 g/mol. The van der Waals surface area contributed by atoms with Crippen LogP contribution in [-0.2, 0) is 16.4 Å². The highest BCUT2D eigenvalue weighted by Gasteiger charge is 2.33. The van der Waals surface area contributed by atoms with Crippen LogP contribution in [-0.4, -0.2) is 51.9 Å². The molecule has 3 aromatic rings. The zero-order valence-electron chi connectivity index (χ0n) is 18.0. The van der Waals surface area contributed by atoms with Gasteiger partial charge in [0.1, 0.15) is 4.90 Å². The third kappa shape index (κ3) is 4.07. The fraction of sp³-hybridized carbons (Fsp3) is 0.240. The third-order valence-electron chi connectivity index (χ3n) is 6.28. The van der Waals surface area contributed by atoms with Crippen molar-refractivity contribution in [3.63, 3.8) is 0 Å². The smallest absolute Gasteiger partial charge is 0.265 e. The molecule has 8 heteroatoms. The number of hydrogen-bond acceptors (Lipinski definition) is 4. The molecule has 33 heavy (non-hydrogen) atoms. The summed E-state index contributed by atoms with van der Waals surface area (Å²) in [4.78, 5) is 17.2. The Kier molecular flexibility index (Phi) is 5.76. The fourth-order valence-electron chi connectivity index (χ4n) is 4.50. The Balaban J connectivity index is 1.36. The minimum absolute atomic E-state index is 0.0327. The van der Waals surface area contributed by atoms with Crippen molar-refractivity contribution < 1.29 is 13.2 Å². The Labute approximate surface area is 199 Å². The van der Waals surface area contributed by atoms with Gasteiger partial charge in [-0.3, -0.25) is 9.10 Å². The molecule has 0 spiro atoms. The second-order valence-corrected chi connectivity index (χ2v) is 10.5. The first-order valence-electron chi connectivity index (χ1n) is 10.9. The van der Waals surface area contributed by atoms with Crippen LogP contribution in [0.3, 0.4) is 0 Å². The minimum Gasteiger partial charge on any atom is -0.368 e. The van der Waals surface area contributed by atoms with Crippen LogP contribution in [0.2, 0.25) is 5.02 Å². The molecule has 2 aliphatic rings. The first-order chi connectivity index (χ1) is 15.9. The van der Waals surface area contributed by atoms with Gasteiger partial charge in [0.15, 0.2) is 0 Å². The molecule has 2 heterocycles. The van der Waals surface area contributed by atoms with Gasteiger partial charge in [-0.1, -0.05) is 48.0 Å². The van der Waals surface area contributed by atoms with Gasteiger partial charge in [0, 0.05) is 44.0 Å². The molecule has 0 aromatic heterocycles. The third-order valence-corrected chi connectivity index (χ3v) is 8.57. The summed E-state index contributed by atoms with van der Waals surface area (Å²) in [5.41, 5.74) is 3.12. The van der Waals surface area contributed by atoms with Gasteiger partial charge in [-0.15, -0.1) is 0 Å². The molecule has 1 amide bonds. The number of halogens is 1. The maximum Gasteiger partial charge on any atom is 0.265 e. The maximum absolute atomic E-state index is 13.5. The maximum atomic E-state index is 13.5. The molecule has 0 aliphatic carbocycles. The van der Waals surface area contributed by atoms with Gasteiger partial charge < -0.3 is 9.80 Å². The highest BCUT2D eigenvalue weighted by Crippen LogP contribution is 2.35. The molecule has 0 radical (unpaired) electrons. The molecular weight excluding hydrogens is 458 g/mol. The Morgan fingerprint density at radius 3 is 2.27 bits per heavy atom. The van der Waals surface area contributed by atoms with E-state index in [9.17, 15) is 13.2 Å². The topological polar surface area (TPSA) is 60.9 Å². The zero-order chi connectivity index (χ0) is 23.0. The van der Waals surface area contributed by atoms with Crippen LogP contribution in [0.15, 0.2) is 77.7 Å². The van der Waals surface area contributed by atoms with Gasteiger partial charge in [-0.05, 0) is 48.4 Å². The lowest BCUT2D eigenvalue weighted by Crippen LogP contribution is -2.48. The van der Waals surface area contributed by atoms with E-state index >= 15 is 0 Å². The second-order valence-electron chi connectivity index (χ2n) is 8.22. The molecule has 0 unspecified atom stereocenters. The van der Waals surface area contributed by atoms with E-state index in [1.165, 1.54) is 16.4 Å². The van der Waals surface area contributed by atoms with E-state index in [4.69, 9.17) is 11.6 Å². The lowest BCUT2D eigenvalue weighted by atomic mass is 10.1. The van der Waals surface area contributed by atoms with E-state index in [2.05, 4.69) is 17.0 Å². The number of carbonyl (C=O) groups excluding carboxylic acids is 1. The lowest BCUT2D eigenvalue weighted by molar-refractivity contribution is 0.0746. The van der Waals surface area contributed by atoms with Gasteiger partial charge in [0.2, 0.25) is 0 Å². The average molecular weight is 482 g/mol. The first-order valence-corrected chi connectivity index (χ1v) is 12.8. The lowest BCUT2D eigenvalue weighted by Gasteiger charge is -2.36. The molecule has 3 aromatic carbocycles. The van der Waals surface area contributed by atoms with E-state index in [1.807, 2.05) is 36.4 Å². The van der Waals surface area contributed by atoms with Gasteiger partial charge in [0.25, 0.3) is 15.9 Å². The summed E-state index contributed by atoms with van der Waals surface area (Å²) in [5.74, 6) is -0.183. The Bertz CT molecular complexity index is 1290. The zero-order valence-corrected chi connectivity index (χ0v) is 19.6. The molecule has 5 rings (SSSR count). The van der Waals surface area contributed by atoms with Crippen LogP contribution in [0.5, 0.6) is 0 Å². The number of benzene rings is 3. The number of fused-ring (bicyclic) bond motifs is 1. The molecule has 1 fully saturated rings. The van der Waals surface area contributed by atoms with Crippen molar-refractivity contribution in [2.75, 3.05) is 41.9 Å². The molecular formula is C25H24ClN3O3S. The molecule has 0 N–H and O–H groups in total.